The van der Waals surface area contributed by atoms with Crippen molar-refractivity contribution in [3.63, 3.8) is 0 Å². The molecule has 1 aliphatic rings. The minimum absolute atomic E-state index is 0.0933. The summed E-state index contributed by atoms with van der Waals surface area (Å²) in [6.45, 7) is -0.781. The number of benzene rings is 1. The van der Waals surface area contributed by atoms with Gasteiger partial charge in [-0.2, -0.15) is 18.1 Å². The van der Waals surface area contributed by atoms with Crippen LogP contribution in [0.1, 0.15) is 12.0 Å². The van der Waals surface area contributed by atoms with E-state index in [1.165, 1.54) is 11.3 Å². The lowest BCUT2D eigenvalue weighted by atomic mass is 9.97. The summed E-state index contributed by atoms with van der Waals surface area (Å²) in [4.78, 5) is 26.0. The van der Waals surface area contributed by atoms with Crippen LogP contribution in [0.3, 0.4) is 0 Å². The molecule has 11 heteroatoms. The molecular formula is C19H18F2N6O2S. The first-order chi connectivity index (χ1) is 14.4. The van der Waals surface area contributed by atoms with Gasteiger partial charge in [-0.3, -0.25) is 4.79 Å². The molecule has 4 rings (SSSR count). The molecule has 1 amide bonds. The van der Waals surface area contributed by atoms with Crippen molar-refractivity contribution in [3.8, 4) is 16.1 Å². The number of fused-ring (bicyclic) bond motifs is 1. The minimum Gasteiger partial charge on any atom is -0.327 e. The summed E-state index contributed by atoms with van der Waals surface area (Å²) in [7, 11) is 1.76. The highest BCUT2D eigenvalue weighted by Gasteiger charge is 2.21. The lowest BCUT2D eigenvalue weighted by Crippen LogP contribution is -2.30. The average Bonchev–Trinajstić information content (AvgIpc) is 3.35. The van der Waals surface area contributed by atoms with E-state index in [1.807, 2.05) is 23.6 Å². The van der Waals surface area contributed by atoms with Gasteiger partial charge in [-0.1, -0.05) is 6.07 Å². The maximum atomic E-state index is 12.8. The Kier molecular flexibility index (Phi) is 5.31. The van der Waals surface area contributed by atoms with E-state index in [0.717, 1.165) is 31.7 Å². The molecule has 3 heterocycles. The van der Waals surface area contributed by atoms with Crippen LogP contribution in [-0.2, 0) is 17.8 Å². The van der Waals surface area contributed by atoms with Crippen molar-refractivity contribution in [1.29, 1.82) is 0 Å². The summed E-state index contributed by atoms with van der Waals surface area (Å²) < 4.78 is 27.6. The van der Waals surface area contributed by atoms with Gasteiger partial charge in [0.05, 0.1) is 6.54 Å². The predicted molar refractivity (Wildman–Crippen MR) is 109 cm³/mol. The molecule has 0 radical (unpaired) electrons. The van der Waals surface area contributed by atoms with Crippen molar-refractivity contribution in [2.75, 3.05) is 18.5 Å². The largest absolute Gasteiger partial charge is 0.369 e. The topological polar surface area (TPSA) is 99.0 Å². The normalized spacial score (nSPS) is 13.5. The second-order valence-electron chi connectivity index (χ2n) is 6.87. The first kappa shape index (κ1) is 20.1. The summed E-state index contributed by atoms with van der Waals surface area (Å²) in [5.74, 6) is 0.0933. The summed E-state index contributed by atoms with van der Waals surface area (Å²) in [5, 5.41) is 9.88. The van der Waals surface area contributed by atoms with E-state index < -0.39 is 18.3 Å². The fourth-order valence-corrected chi connectivity index (χ4v) is 4.18. The molecule has 0 bridgehead atoms. The lowest BCUT2D eigenvalue weighted by molar-refractivity contribution is -0.118. The number of aryl methyl sites for hydroxylation is 1. The van der Waals surface area contributed by atoms with Gasteiger partial charge in [0.1, 0.15) is 5.00 Å². The summed E-state index contributed by atoms with van der Waals surface area (Å²) in [6.07, 6.45) is -0.768. The number of nitrogens with zero attached hydrogens (tertiary/aromatic N) is 5. The zero-order chi connectivity index (χ0) is 21.4. The Morgan fingerprint density at radius 3 is 2.70 bits per heavy atom. The number of hydrogen-bond donors (Lipinski definition) is 1. The number of carbonyl (C=O) groups excluding carboxylic acids is 1. The van der Waals surface area contributed by atoms with Crippen LogP contribution < -0.4 is 16.3 Å². The third kappa shape index (κ3) is 3.57. The highest BCUT2D eigenvalue weighted by atomic mass is 32.1. The number of carbonyl (C=O) groups is 1. The number of hydrogen-bond acceptors (Lipinski definition) is 6. The molecule has 0 spiro atoms. The molecule has 156 valence electrons. The van der Waals surface area contributed by atoms with Crippen molar-refractivity contribution in [1.82, 2.24) is 19.8 Å². The number of thiophene rings is 1. The second-order valence-corrected chi connectivity index (χ2v) is 7.76. The minimum atomic E-state index is -1.92. The van der Waals surface area contributed by atoms with Crippen LogP contribution in [0.2, 0.25) is 0 Å². The molecular weight excluding hydrogens is 414 g/mol. The van der Waals surface area contributed by atoms with Crippen molar-refractivity contribution in [3.05, 3.63) is 57.3 Å². The van der Waals surface area contributed by atoms with E-state index >= 15 is 0 Å². The molecule has 3 aromatic rings. The Hall–Kier alpha value is -3.18. The molecule has 0 fully saturated rings. The first-order valence-corrected chi connectivity index (χ1v) is 10.0. The summed E-state index contributed by atoms with van der Waals surface area (Å²) in [6, 6.07) is 7.65. The molecule has 2 N–H and O–H groups in total. The van der Waals surface area contributed by atoms with Crippen molar-refractivity contribution in [2.24, 2.45) is 5.73 Å². The van der Waals surface area contributed by atoms with Crippen LogP contribution in [0, 0.1) is 0 Å². The number of aromatic nitrogens is 4. The molecule has 0 aliphatic carbocycles. The standard InChI is InChI=1S/C19H18F2N6O2S/c1-25-15-4-2-11(6-12(15)3-5-16(25)28)13-7-17(30-10-13)27-19(29)26(23-24-27)9-14(8-22)18(20)21/h2,4,6-7,10H,3,5,8-9,22H2,1H3. The van der Waals surface area contributed by atoms with E-state index in [0.29, 0.717) is 17.8 Å². The molecule has 0 saturated heterocycles. The molecule has 0 unspecified atom stereocenters. The van der Waals surface area contributed by atoms with Crippen molar-refractivity contribution >= 4 is 22.9 Å². The molecule has 0 atom stereocenters. The Labute approximate surface area is 173 Å². The zero-order valence-corrected chi connectivity index (χ0v) is 16.8. The first-order valence-electron chi connectivity index (χ1n) is 9.13. The zero-order valence-electron chi connectivity index (χ0n) is 16.0. The van der Waals surface area contributed by atoms with E-state index in [9.17, 15) is 18.4 Å². The smallest absolute Gasteiger partial charge is 0.327 e. The fourth-order valence-electron chi connectivity index (χ4n) is 3.32. The molecule has 30 heavy (non-hydrogen) atoms. The Morgan fingerprint density at radius 2 is 1.97 bits per heavy atom. The van der Waals surface area contributed by atoms with Crippen LogP contribution in [0.25, 0.3) is 16.1 Å². The van der Waals surface area contributed by atoms with E-state index in [2.05, 4.69) is 10.4 Å². The van der Waals surface area contributed by atoms with Crippen molar-refractivity contribution < 1.29 is 13.6 Å². The number of nitrogens with two attached hydrogens (primary N) is 1. The highest BCUT2D eigenvalue weighted by Crippen LogP contribution is 2.33. The lowest BCUT2D eigenvalue weighted by Gasteiger charge is -2.26. The average molecular weight is 432 g/mol. The number of anilines is 1. The Bertz CT molecular complexity index is 1210. The van der Waals surface area contributed by atoms with Gasteiger partial charge in [0, 0.05) is 36.7 Å². The molecule has 1 aromatic carbocycles. The van der Waals surface area contributed by atoms with E-state index in [-0.39, 0.29) is 18.0 Å². The second kappa shape index (κ2) is 7.92. The Balaban J connectivity index is 1.62. The monoisotopic (exact) mass is 432 g/mol. The third-order valence-electron chi connectivity index (χ3n) is 5.04. The SMILES string of the molecule is CN1C(=O)CCc2cc(-c3csc(-n4nnn(CC(CN)=C(F)F)c4=O)c3)ccc21. The van der Waals surface area contributed by atoms with Crippen LogP contribution in [0.5, 0.6) is 0 Å². The predicted octanol–water partition coefficient (Wildman–Crippen LogP) is 2.18. The van der Waals surface area contributed by atoms with Gasteiger partial charge in [-0.05, 0) is 51.7 Å². The van der Waals surface area contributed by atoms with Crippen LogP contribution >= 0.6 is 11.3 Å². The number of amides is 1. The maximum absolute atomic E-state index is 12.8. The van der Waals surface area contributed by atoms with Gasteiger partial charge < -0.3 is 10.6 Å². The Morgan fingerprint density at radius 1 is 1.17 bits per heavy atom. The summed E-state index contributed by atoms with van der Waals surface area (Å²) in [5.41, 5.74) is 8.12. The maximum Gasteiger partial charge on any atom is 0.369 e. The number of halogens is 2. The molecule has 0 saturated carbocycles. The van der Waals surface area contributed by atoms with Gasteiger partial charge in [0.15, 0.2) is 0 Å². The van der Waals surface area contributed by atoms with Crippen LogP contribution in [0.4, 0.5) is 14.5 Å². The van der Waals surface area contributed by atoms with Gasteiger partial charge in [-0.25, -0.2) is 4.79 Å². The van der Waals surface area contributed by atoms with Crippen LogP contribution in [0.15, 0.2) is 46.1 Å². The number of tetrazole rings is 1. The van der Waals surface area contributed by atoms with E-state index in [1.54, 1.807) is 18.0 Å². The quantitative estimate of drug-likeness (QED) is 0.666. The van der Waals surface area contributed by atoms with Gasteiger partial charge in [0.25, 0.3) is 6.08 Å². The van der Waals surface area contributed by atoms with Gasteiger partial charge >= 0.3 is 5.69 Å². The highest BCUT2D eigenvalue weighted by molar-refractivity contribution is 7.13. The number of rotatable bonds is 5. The van der Waals surface area contributed by atoms with Crippen molar-refractivity contribution in [2.45, 2.75) is 19.4 Å². The fraction of sp³-hybridized carbons (Fsp3) is 0.263. The van der Waals surface area contributed by atoms with Gasteiger partial charge in [-0.15, -0.1) is 11.3 Å². The van der Waals surface area contributed by atoms with Crippen LogP contribution in [-0.4, -0.2) is 39.3 Å². The third-order valence-corrected chi connectivity index (χ3v) is 5.95. The molecule has 8 nitrogen and oxygen atoms in total. The van der Waals surface area contributed by atoms with Gasteiger partial charge in [0.2, 0.25) is 5.91 Å². The van der Waals surface area contributed by atoms with E-state index in [4.69, 9.17) is 5.73 Å². The molecule has 2 aromatic heterocycles. The summed E-state index contributed by atoms with van der Waals surface area (Å²) >= 11 is 1.29. The molecule has 1 aliphatic heterocycles.